The molecule has 2 aromatic rings. The maximum absolute atomic E-state index is 12.6. The lowest BCUT2D eigenvalue weighted by Gasteiger charge is -2.50. The molecule has 1 aromatic carbocycles. The fraction of sp³-hybridized carbons (Fsp3) is 0.455. The van der Waals surface area contributed by atoms with E-state index in [2.05, 4.69) is 4.98 Å². The molecule has 2 saturated heterocycles. The van der Waals surface area contributed by atoms with Gasteiger partial charge >= 0.3 is 0 Å². The van der Waals surface area contributed by atoms with Crippen molar-refractivity contribution in [2.24, 2.45) is 5.92 Å². The second kappa shape index (κ2) is 7.89. The summed E-state index contributed by atoms with van der Waals surface area (Å²) < 4.78 is 11.9. The van der Waals surface area contributed by atoms with Crippen LogP contribution in [0.4, 0.5) is 0 Å². The van der Waals surface area contributed by atoms with Crippen molar-refractivity contribution in [1.29, 1.82) is 0 Å². The molecule has 3 heterocycles. The zero-order chi connectivity index (χ0) is 19.6. The summed E-state index contributed by atoms with van der Waals surface area (Å²) in [6.07, 6.45) is 1.92. The number of phenolic OH excluding ortho intramolecular Hbond substituents is 1. The van der Waals surface area contributed by atoms with Gasteiger partial charge in [-0.05, 0) is 56.0 Å². The van der Waals surface area contributed by atoms with E-state index in [4.69, 9.17) is 9.47 Å². The summed E-state index contributed by atoms with van der Waals surface area (Å²) in [6.45, 7) is 5.09. The largest absolute Gasteiger partial charge is 0.508 e. The van der Waals surface area contributed by atoms with Crippen LogP contribution in [-0.2, 0) is 16.1 Å². The van der Waals surface area contributed by atoms with Gasteiger partial charge < -0.3 is 19.5 Å². The summed E-state index contributed by atoms with van der Waals surface area (Å²) in [4.78, 5) is 18.8. The summed E-state index contributed by atoms with van der Waals surface area (Å²) in [6, 6.07) is 12.4. The molecule has 6 nitrogen and oxygen atoms in total. The second-order valence-electron chi connectivity index (χ2n) is 7.72. The van der Waals surface area contributed by atoms with Gasteiger partial charge in [0.2, 0.25) is 0 Å². The number of amides is 1. The molecule has 2 aliphatic heterocycles. The van der Waals surface area contributed by atoms with Crippen LogP contribution in [0.2, 0.25) is 0 Å². The summed E-state index contributed by atoms with van der Waals surface area (Å²) in [5.74, 6) is 0.445. The molecule has 6 heteroatoms. The first-order valence-electron chi connectivity index (χ1n) is 9.78. The molecular weight excluding hydrogens is 356 g/mol. The minimum Gasteiger partial charge on any atom is -0.508 e. The lowest BCUT2D eigenvalue weighted by molar-refractivity contribution is -0.120. The van der Waals surface area contributed by atoms with Gasteiger partial charge in [0.1, 0.15) is 11.4 Å². The van der Waals surface area contributed by atoms with Crippen LogP contribution < -0.4 is 0 Å². The van der Waals surface area contributed by atoms with Crippen LogP contribution in [0, 0.1) is 12.8 Å². The average Bonchev–Trinajstić information content (AvgIpc) is 3.07. The van der Waals surface area contributed by atoms with Crippen molar-refractivity contribution in [3.63, 3.8) is 0 Å². The number of rotatable bonds is 6. The van der Waals surface area contributed by atoms with E-state index in [1.165, 1.54) is 6.07 Å². The number of hydrogen-bond acceptors (Lipinski definition) is 5. The standard InChI is InChI=1S/C22H26N2O4/c1-16-4-2-6-19(23-16)13-27-10-8-18-9-11-28-22(18)14-24(15-22)21(26)17-5-3-7-20(25)12-17/h2-7,12,18,25H,8-11,13-15H2,1H3. The van der Waals surface area contributed by atoms with Crippen LogP contribution in [0.25, 0.3) is 0 Å². The first-order valence-corrected chi connectivity index (χ1v) is 9.78. The quantitative estimate of drug-likeness (QED) is 0.778. The van der Waals surface area contributed by atoms with Crippen LogP contribution in [0.3, 0.4) is 0 Å². The molecule has 1 amide bonds. The zero-order valence-corrected chi connectivity index (χ0v) is 16.1. The van der Waals surface area contributed by atoms with Crippen molar-refractivity contribution in [3.8, 4) is 5.75 Å². The van der Waals surface area contributed by atoms with Crippen molar-refractivity contribution in [1.82, 2.24) is 9.88 Å². The second-order valence-corrected chi connectivity index (χ2v) is 7.72. The Morgan fingerprint density at radius 3 is 2.93 bits per heavy atom. The number of hydrogen-bond donors (Lipinski definition) is 1. The Labute approximate surface area is 165 Å². The number of pyridine rings is 1. The lowest BCUT2D eigenvalue weighted by atomic mass is 9.79. The Morgan fingerprint density at radius 1 is 1.32 bits per heavy atom. The van der Waals surface area contributed by atoms with Gasteiger partial charge in [0.15, 0.2) is 0 Å². The van der Waals surface area contributed by atoms with Gasteiger partial charge in [-0.15, -0.1) is 0 Å². The predicted molar refractivity (Wildman–Crippen MR) is 104 cm³/mol. The third-order valence-corrected chi connectivity index (χ3v) is 5.70. The minimum absolute atomic E-state index is 0.0578. The molecule has 4 rings (SSSR count). The highest BCUT2D eigenvalue weighted by atomic mass is 16.5. The monoisotopic (exact) mass is 382 g/mol. The summed E-state index contributed by atoms with van der Waals surface area (Å²) in [5, 5.41) is 9.59. The maximum atomic E-state index is 12.6. The fourth-order valence-electron chi connectivity index (χ4n) is 4.19. The highest BCUT2D eigenvalue weighted by Gasteiger charge is 2.54. The molecule has 28 heavy (non-hydrogen) atoms. The Morgan fingerprint density at radius 2 is 2.14 bits per heavy atom. The maximum Gasteiger partial charge on any atom is 0.254 e. The fourth-order valence-corrected chi connectivity index (χ4v) is 4.19. The van der Waals surface area contributed by atoms with Gasteiger partial charge in [0.25, 0.3) is 5.91 Å². The van der Waals surface area contributed by atoms with Gasteiger partial charge in [-0.25, -0.2) is 0 Å². The molecular formula is C22H26N2O4. The number of aromatic hydroxyl groups is 1. The summed E-state index contributed by atoms with van der Waals surface area (Å²) >= 11 is 0. The van der Waals surface area contributed by atoms with Gasteiger partial charge in [-0.1, -0.05) is 12.1 Å². The molecule has 1 N–H and O–H groups in total. The number of ether oxygens (including phenoxy) is 2. The lowest BCUT2D eigenvalue weighted by Crippen LogP contribution is -2.66. The summed E-state index contributed by atoms with van der Waals surface area (Å²) in [5.41, 5.74) is 2.22. The van der Waals surface area contributed by atoms with E-state index >= 15 is 0 Å². The van der Waals surface area contributed by atoms with Crippen LogP contribution >= 0.6 is 0 Å². The smallest absolute Gasteiger partial charge is 0.254 e. The Balaban J connectivity index is 1.27. The number of aryl methyl sites for hydroxylation is 1. The molecule has 1 atom stereocenters. The van der Waals surface area contributed by atoms with Crippen molar-refractivity contribution in [2.45, 2.75) is 32.0 Å². The molecule has 0 saturated carbocycles. The summed E-state index contributed by atoms with van der Waals surface area (Å²) in [7, 11) is 0. The number of phenols is 1. The van der Waals surface area contributed by atoms with Crippen LogP contribution in [0.15, 0.2) is 42.5 Å². The Hall–Kier alpha value is -2.44. The molecule has 1 unspecified atom stereocenters. The van der Waals surface area contributed by atoms with E-state index < -0.39 is 0 Å². The molecule has 0 radical (unpaired) electrons. The van der Waals surface area contributed by atoms with Crippen molar-refractivity contribution in [3.05, 3.63) is 59.4 Å². The molecule has 0 bridgehead atoms. The molecule has 2 fully saturated rings. The van der Waals surface area contributed by atoms with Crippen LogP contribution in [0.1, 0.15) is 34.6 Å². The van der Waals surface area contributed by atoms with E-state index in [0.717, 1.165) is 30.8 Å². The van der Waals surface area contributed by atoms with E-state index in [1.807, 2.05) is 25.1 Å². The van der Waals surface area contributed by atoms with Crippen LogP contribution in [-0.4, -0.2) is 52.8 Å². The normalized spacial score (nSPS) is 20.3. The van der Waals surface area contributed by atoms with Gasteiger partial charge in [-0.3, -0.25) is 9.78 Å². The topological polar surface area (TPSA) is 71.9 Å². The number of carbonyl (C=O) groups excluding carboxylic acids is 1. The first-order chi connectivity index (χ1) is 13.6. The highest BCUT2D eigenvalue weighted by molar-refractivity contribution is 5.95. The average molecular weight is 382 g/mol. The zero-order valence-electron chi connectivity index (χ0n) is 16.1. The SMILES string of the molecule is Cc1cccc(COCCC2CCOC23CN(C(=O)c2cccc(O)c2)C3)n1. The van der Waals surface area contributed by atoms with Gasteiger partial charge in [0, 0.05) is 24.5 Å². The number of aromatic nitrogens is 1. The highest BCUT2D eigenvalue weighted by Crippen LogP contribution is 2.42. The molecule has 1 aromatic heterocycles. The van der Waals surface area contributed by atoms with E-state index in [1.54, 1.807) is 23.1 Å². The van der Waals surface area contributed by atoms with E-state index in [9.17, 15) is 9.90 Å². The molecule has 2 aliphatic rings. The molecule has 1 spiro atoms. The third kappa shape index (κ3) is 3.88. The first kappa shape index (κ1) is 18.9. The van der Waals surface area contributed by atoms with Crippen LogP contribution in [0.5, 0.6) is 5.75 Å². The van der Waals surface area contributed by atoms with Gasteiger partial charge in [0.05, 0.1) is 25.4 Å². The number of benzene rings is 1. The number of nitrogens with zero attached hydrogens (tertiary/aromatic N) is 2. The molecule has 0 aliphatic carbocycles. The Bertz CT molecular complexity index is 848. The number of likely N-dealkylation sites (tertiary alicyclic amines) is 1. The van der Waals surface area contributed by atoms with Gasteiger partial charge in [-0.2, -0.15) is 0 Å². The van der Waals surface area contributed by atoms with Crippen molar-refractivity contribution >= 4 is 5.91 Å². The van der Waals surface area contributed by atoms with Crippen molar-refractivity contribution in [2.75, 3.05) is 26.3 Å². The Kier molecular flexibility index (Phi) is 5.33. The number of carbonyl (C=O) groups is 1. The van der Waals surface area contributed by atoms with E-state index in [0.29, 0.717) is 37.8 Å². The van der Waals surface area contributed by atoms with Crippen molar-refractivity contribution < 1.29 is 19.4 Å². The minimum atomic E-state index is -0.239. The third-order valence-electron chi connectivity index (χ3n) is 5.70. The predicted octanol–water partition coefficient (Wildman–Crippen LogP) is 2.93. The molecule has 148 valence electrons. The van der Waals surface area contributed by atoms with E-state index in [-0.39, 0.29) is 17.3 Å².